The van der Waals surface area contributed by atoms with Gasteiger partial charge >= 0.3 is 5.97 Å². The van der Waals surface area contributed by atoms with Crippen LogP contribution in [-0.4, -0.2) is 60.9 Å². The van der Waals surface area contributed by atoms with Crippen LogP contribution < -0.4 is 5.32 Å². The van der Waals surface area contributed by atoms with Gasteiger partial charge in [0.2, 0.25) is 0 Å². The summed E-state index contributed by atoms with van der Waals surface area (Å²) in [7, 11) is 3.80. The zero-order valence-corrected chi connectivity index (χ0v) is 13.3. The van der Waals surface area contributed by atoms with E-state index in [-0.39, 0.29) is 0 Å². The van der Waals surface area contributed by atoms with E-state index >= 15 is 0 Å². The zero-order chi connectivity index (χ0) is 15.2. The second-order valence-electron chi connectivity index (χ2n) is 6.30. The minimum atomic E-state index is -0.766. The number of carboxylic acid groups (broad SMARTS) is 1. The molecule has 2 atom stereocenters. The van der Waals surface area contributed by atoms with Gasteiger partial charge in [-0.25, -0.2) is 0 Å². The molecule has 0 heterocycles. The van der Waals surface area contributed by atoms with Gasteiger partial charge in [0, 0.05) is 19.2 Å². The molecule has 0 saturated heterocycles. The fourth-order valence-electron chi connectivity index (χ4n) is 2.35. The van der Waals surface area contributed by atoms with Crippen molar-refractivity contribution in [2.45, 2.75) is 63.6 Å². The number of hydrogen-bond acceptors (Lipinski definition) is 4. The maximum absolute atomic E-state index is 11.4. The Balaban J connectivity index is 2.25. The van der Waals surface area contributed by atoms with Crippen molar-refractivity contribution >= 4 is 5.97 Å². The van der Waals surface area contributed by atoms with E-state index in [0.29, 0.717) is 18.5 Å². The quantitative estimate of drug-likeness (QED) is 0.566. The Morgan fingerprint density at radius 2 is 2.15 bits per heavy atom. The third kappa shape index (κ3) is 5.77. The number of carboxylic acids is 1. The largest absolute Gasteiger partial charge is 0.480 e. The highest BCUT2D eigenvalue weighted by Gasteiger charge is 2.37. The molecule has 0 radical (unpaired) electrons. The number of hydrogen-bond donors (Lipinski definition) is 2. The molecule has 1 saturated carbocycles. The molecule has 5 nitrogen and oxygen atoms in total. The number of likely N-dealkylation sites (N-methyl/N-ethyl adjacent to an activating group) is 1. The predicted octanol–water partition coefficient (Wildman–Crippen LogP) is 1.72. The molecule has 2 N–H and O–H groups in total. The van der Waals surface area contributed by atoms with Gasteiger partial charge in [-0.2, -0.15) is 0 Å². The van der Waals surface area contributed by atoms with E-state index in [4.69, 9.17) is 4.74 Å². The van der Waals surface area contributed by atoms with Crippen LogP contribution in [0.4, 0.5) is 0 Å². The van der Waals surface area contributed by atoms with Gasteiger partial charge < -0.3 is 14.7 Å². The van der Waals surface area contributed by atoms with Crippen LogP contribution in [0.3, 0.4) is 0 Å². The first-order valence-electron chi connectivity index (χ1n) is 7.59. The van der Waals surface area contributed by atoms with Crippen LogP contribution in [0.1, 0.15) is 46.0 Å². The number of ether oxygens (including phenoxy) is 1. The van der Waals surface area contributed by atoms with E-state index in [1.54, 1.807) is 7.11 Å². The molecule has 1 rings (SSSR count). The Morgan fingerprint density at radius 3 is 2.65 bits per heavy atom. The highest BCUT2D eigenvalue weighted by molar-refractivity contribution is 5.78. The molecule has 20 heavy (non-hydrogen) atoms. The highest BCUT2D eigenvalue weighted by Crippen LogP contribution is 2.25. The summed E-state index contributed by atoms with van der Waals surface area (Å²) >= 11 is 0. The maximum atomic E-state index is 11.4. The normalized spacial score (nSPS) is 19.9. The molecule has 2 unspecified atom stereocenters. The van der Waals surface area contributed by atoms with Crippen LogP contribution in [-0.2, 0) is 9.53 Å². The van der Waals surface area contributed by atoms with E-state index in [1.165, 1.54) is 0 Å². The Kier molecular flexibility index (Phi) is 6.92. The Labute approximate surface area is 122 Å². The third-order valence-corrected chi connectivity index (χ3v) is 4.17. The first kappa shape index (κ1) is 17.4. The lowest BCUT2D eigenvalue weighted by molar-refractivity contribution is -0.144. The van der Waals surface area contributed by atoms with Gasteiger partial charge in [-0.3, -0.25) is 10.1 Å². The van der Waals surface area contributed by atoms with Crippen LogP contribution in [0.15, 0.2) is 0 Å². The number of carbonyl (C=O) groups is 1. The second kappa shape index (κ2) is 7.96. The van der Waals surface area contributed by atoms with Crippen LogP contribution in [0.2, 0.25) is 0 Å². The fourth-order valence-corrected chi connectivity index (χ4v) is 2.35. The van der Waals surface area contributed by atoms with Crippen LogP contribution in [0.25, 0.3) is 0 Å². The topological polar surface area (TPSA) is 61.8 Å². The monoisotopic (exact) mass is 286 g/mol. The van der Waals surface area contributed by atoms with E-state index in [0.717, 1.165) is 38.8 Å². The number of aliphatic carboxylic acids is 1. The van der Waals surface area contributed by atoms with E-state index < -0.39 is 11.5 Å². The first-order valence-corrected chi connectivity index (χ1v) is 7.59. The van der Waals surface area contributed by atoms with Gasteiger partial charge in [0.15, 0.2) is 0 Å². The summed E-state index contributed by atoms with van der Waals surface area (Å²) in [5.74, 6) is -0.731. The molecular weight excluding hydrogens is 256 g/mol. The Hall–Kier alpha value is -0.650. The standard InChI is InChI=1S/C15H30N2O3/c1-12(11-20-4)17(3)10-6-5-9-15(2,14(18)19)16-13-7-8-13/h12-13,16H,5-11H2,1-4H3,(H,18,19). The second-order valence-corrected chi connectivity index (χ2v) is 6.30. The molecule has 0 amide bonds. The Morgan fingerprint density at radius 1 is 1.50 bits per heavy atom. The molecule has 0 aromatic carbocycles. The minimum absolute atomic E-state index is 0.399. The van der Waals surface area contributed by atoms with Crippen molar-refractivity contribution in [1.29, 1.82) is 0 Å². The molecular formula is C15H30N2O3. The van der Waals surface area contributed by atoms with Gasteiger partial charge in [0.1, 0.15) is 5.54 Å². The smallest absolute Gasteiger partial charge is 0.323 e. The lowest BCUT2D eigenvalue weighted by Gasteiger charge is -2.28. The molecule has 5 heteroatoms. The van der Waals surface area contributed by atoms with Crippen molar-refractivity contribution in [2.24, 2.45) is 0 Å². The van der Waals surface area contributed by atoms with Gasteiger partial charge in [0.25, 0.3) is 0 Å². The van der Waals surface area contributed by atoms with Crippen LogP contribution >= 0.6 is 0 Å². The first-order chi connectivity index (χ1) is 9.39. The summed E-state index contributed by atoms with van der Waals surface area (Å²) in [6.45, 7) is 5.65. The molecule has 118 valence electrons. The molecule has 1 aliphatic rings. The highest BCUT2D eigenvalue weighted by atomic mass is 16.5. The van der Waals surface area contributed by atoms with E-state index in [9.17, 15) is 9.90 Å². The number of methoxy groups -OCH3 is 1. The lowest BCUT2D eigenvalue weighted by Crippen LogP contribution is -2.50. The van der Waals surface area contributed by atoms with Crippen LogP contribution in [0.5, 0.6) is 0 Å². The van der Waals surface area contributed by atoms with Crippen molar-refractivity contribution in [1.82, 2.24) is 10.2 Å². The lowest BCUT2D eigenvalue weighted by atomic mass is 9.94. The van der Waals surface area contributed by atoms with E-state index in [2.05, 4.69) is 24.2 Å². The third-order valence-electron chi connectivity index (χ3n) is 4.17. The zero-order valence-electron chi connectivity index (χ0n) is 13.3. The summed E-state index contributed by atoms with van der Waals surface area (Å²) in [6.07, 6.45) is 4.85. The fraction of sp³-hybridized carbons (Fsp3) is 0.933. The Bertz CT molecular complexity index is 307. The summed E-state index contributed by atoms with van der Waals surface area (Å²) in [6, 6.07) is 0.816. The SMILES string of the molecule is COCC(C)N(C)CCCCC(C)(NC1CC1)C(=O)O. The molecule has 0 aromatic rings. The minimum Gasteiger partial charge on any atom is -0.480 e. The number of nitrogens with one attached hydrogen (secondary N) is 1. The van der Waals surface area contributed by atoms with Crippen molar-refractivity contribution < 1.29 is 14.6 Å². The average Bonchev–Trinajstić information content (AvgIpc) is 3.18. The summed E-state index contributed by atoms with van der Waals surface area (Å²) < 4.78 is 5.14. The van der Waals surface area contributed by atoms with Gasteiger partial charge in [-0.1, -0.05) is 0 Å². The van der Waals surface area contributed by atoms with Crippen molar-refractivity contribution in [3.8, 4) is 0 Å². The van der Waals surface area contributed by atoms with Crippen LogP contribution in [0, 0.1) is 0 Å². The van der Waals surface area contributed by atoms with Crippen molar-refractivity contribution in [3.63, 3.8) is 0 Å². The number of rotatable bonds is 11. The van der Waals surface area contributed by atoms with Crippen molar-refractivity contribution in [2.75, 3.05) is 27.3 Å². The molecule has 0 aromatic heterocycles. The summed E-state index contributed by atoms with van der Waals surface area (Å²) in [5.41, 5.74) is -0.766. The molecule has 0 bridgehead atoms. The van der Waals surface area contributed by atoms with E-state index in [1.807, 2.05) is 6.92 Å². The van der Waals surface area contributed by atoms with Gasteiger partial charge in [0.05, 0.1) is 6.61 Å². The molecule has 1 fully saturated rings. The average molecular weight is 286 g/mol. The maximum Gasteiger partial charge on any atom is 0.323 e. The number of unbranched alkanes of at least 4 members (excludes halogenated alkanes) is 1. The van der Waals surface area contributed by atoms with Crippen molar-refractivity contribution in [3.05, 3.63) is 0 Å². The predicted molar refractivity (Wildman–Crippen MR) is 80.0 cm³/mol. The van der Waals surface area contributed by atoms with Gasteiger partial charge in [-0.15, -0.1) is 0 Å². The molecule has 0 aliphatic heterocycles. The summed E-state index contributed by atoms with van der Waals surface area (Å²) in [4.78, 5) is 13.7. The molecule has 1 aliphatic carbocycles. The summed E-state index contributed by atoms with van der Waals surface area (Å²) in [5, 5.41) is 12.7. The van der Waals surface area contributed by atoms with Gasteiger partial charge in [-0.05, 0) is 59.5 Å². The molecule has 0 spiro atoms. The number of nitrogens with zero attached hydrogens (tertiary/aromatic N) is 1.